The predicted octanol–water partition coefficient (Wildman–Crippen LogP) is 2.89. The van der Waals surface area contributed by atoms with Gasteiger partial charge in [-0.05, 0) is 49.2 Å². The first-order valence-corrected chi connectivity index (χ1v) is 6.44. The molecule has 0 bridgehead atoms. The van der Waals surface area contributed by atoms with Gasteiger partial charge in [0.1, 0.15) is 11.3 Å². The van der Waals surface area contributed by atoms with Gasteiger partial charge in [-0.2, -0.15) is 0 Å². The van der Waals surface area contributed by atoms with Crippen molar-refractivity contribution in [3.05, 3.63) is 53.3 Å². The van der Waals surface area contributed by atoms with Crippen molar-refractivity contribution in [3.8, 4) is 5.69 Å². The molecule has 3 rings (SSSR count). The number of hydrogen-bond donors (Lipinski definition) is 1. The second-order valence-corrected chi connectivity index (χ2v) is 4.94. The average Bonchev–Trinajstić information content (AvgIpc) is 2.85. The van der Waals surface area contributed by atoms with Gasteiger partial charge in [0, 0.05) is 6.04 Å². The van der Waals surface area contributed by atoms with Crippen LogP contribution in [0.3, 0.4) is 0 Å². The molecule has 0 amide bonds. The predicted molar refractivity (Wildman–Crippen MR) is 76.2 cm³/mol. The molecule has 0 saturated heterocycles. The van der Waals surface area contributed by atoms with Crippen molar-refractivity contribution in [2.45, 2.75) is 19.9 Å². The van der Waals surface area contributed by atoms with Gasteiger partial charge in [0.2, 0.25) is 0 Å². The van der Waals surface area contributed by atoms with E-state index in [-0.39, 0.29) is 11.9 Å². The second kappa shape index (κ2) is 4.68. The van der Waals surface area contributed by atoms with E-state index in [0.717, 1.165) is 16.7 Å². The molecule has 0 spiro atoms. The molecule has 0 aliphatic rings. The summed E-state index contributed by atoms with van der Waals surface area (Å²) in [5, 5.41) is 8.29. The molecule has 3 aromatic rings. The van der Waals surface area contributed by atoms with E-state index < -0.39 is 0 Å². The zero-order valence-corrected chi connectivity index (χ0v) is 11.3. The van der Waals surface area contributed by atoms with Crippen molar-refractivity contribution >= 4 is 11.0 Å². The number of hydrogen-bond acceptors (Lipinski definition) is 3. The van der Waals surface area contributed by atoms with Gasteiger partial charge in [-0.1, -0.05) is 17.3 Å². The molecule has 1 aromatic heterocycles. The summed E-state index contributed by atoms with van der Waals surface area (Å²) in [7, 11) is 0. The molecule has 1 unspecified atom stereocenters. The van der Waals surface area contributed by atoms with Crippen LogP contribution in [0.5, 0.6) is 0 Å². The Labute approximate surface area is 116 Å². The minimum Gasteiger partial charge on any atom is -0.324 e. The molecule has 102 valence electrons. The average molecular weight is 270 g/mol. The van der Waals surface area contributed by atoms with Crippen LogP contribution in [0.4, 0.5) is 4.39 Å². The second-order valence-electron chi connectivity index (χ2n) is 4.94. The Morgan fingerprint density at radius 2 is 2.00 bits per heavy atom. The van der Waals surface area contributed by atoms with E-state index in [1.54, 1.807) is 17.7 Å². The summed E-state index contributed by atoms with van der Waals surface area (Å²) in [6.45, 7) is 3.55. The van der Waals surface area contributed by atoms with Crippen LogP contribution in [-0.2, 0) is 0 Å². The molecule has 1 atom stereocenters. The monoisotopic (exact) mass is 270 g/mol. The molecule has 0 fully saturated rings. The molecule has 0 saturated carbocycles. The van der Waals surface area contributed by atoms with Gasteiger partial charge in [-0.25, -0.2) is 9.07 Å². The zero-order chi connectivity index (χ0) is 14.3. The Kier molecular flexibility index (Phi) is 2.99. The maximum absolute atomic E-state index is 13.8. The highest BCUT2D eigenvalue weighted by Gasteiger charge is 2.15. The zero-order valence-electron chi connectivity index (χ0n) is 11.3. The number of aromatic nitrogens is 3. The number of nitrogens with two attached hydrogens (primary N) is 1. The summed E-state index contributed by atoms with van der Waals surface area (Å²) in [5.41, 5.74) is 9.67. The van der Waals surface area contributed by atoms with Crippen molar-refractivity contribution in [1.82, 2.24) is 15.0 Å². The maximum atomic E-state index is 13.8. The lowest BCUT2D eigenvalue weighted by Crippen LogP contribution is -2.12. The largest absolute Gasteiger partial charge is 0.324 e. The van der Waals surface area contributed by atoms with Crippen LogP contribution < -0.4 is 5.73 Å². The van der Waals surface area contributed by atoms with Crippen LogP contribution in [0.2, 0.25) is 0 Å². The fourth-order valence-electron chi connectivity index (χ4n) is 2.28. The number of para-hydroxylation sites is 1. The van der Waals surface area contributed by atoms with E-state index in [4.69, 9.17) is 5.73 Å². The first-order chi connectivity index (χ1) is 9.58. The number of benzene rings is 2. The Morgan fingerprint density at radius 1 is 1.25 bits per heavy atom. The van der Waals surface area contributed by atoms with E-state index in [2.05, 4.69) is 10.3 Å². The number of nitrogens with zero attached hydrogens (tertiary/aromatic N) is 3. The molecule has 20 heavy (non-hydrogen) atoms. The molecule has 0 radical (unpaired) electrons. The minimum absolute atomic E-state index is 0.259. The summed E-state index contributed by atoms with van der Waals surface area (Å²) in [6, 6.07) is 10.6. The van der Waals surface area contributed by atoms with Gasteiger partial charge in [0.15, 0.2) is 0 Å². The summed E-state index contributed by atoms with van der Waals surface area (Å²) >= 11 is 0. The quantitative estimate of drug-likeness (QED) is 0.779. The Bertz CT molecular complexity index is 777. The third kappa shape index (κ3) is 1.96. The lowest BCUT2D eigenvalue weighted by atomic mass is 10.0. The van der Waals surface area contributed by atoms with E-state index in [0.29, 0.717) is 11.1 Å². The number of aryl methyl sites for hydroxylation is 1. The van der Waals surface area contributed by atoms with Crippen LogP contribution in [0.25, 0.3) is 16.7 Å². The van der Waals surface area contributed by atoms with Gasteiger partial charge < -0.3 is 5.73 Å². The highest BCUT2D eigenvalue weighted by Crippen LogP contribution is 2.26. The van der Waals surface area contributed by atoms with Crippen LogP contribution in [0.15, 0.2) is 36.4 Å². The third-order valence-electron chi connectivity index (χ3n) is 3.38. The highest BCUT2D eigenvalue weighted by molar-refractivity contribution is 5.76. The van der Waals surface area contributed by atoms with Crippen LogP contribution in [-0.4, -0.2) is 15.0 Å². The van der Waals surface area contributed by atoms with Crippen LogP contribution >= 0.6 is 0 Å². The molecular formula is C15H15FN4. The van der Waals surface area contributed by atoms with Gasteiger partial charge in [0.25, 0.3) is 0 Å². The normalized spacial score (nSPS) is 12.8. The molecule has 0 aliphatic heterocycles. The molecule has 0 aliphatic carbocycles. The fraction of sp³-hybridized carbons (Fsp3) is 0.200. The van der Waals surface area contributed by atoms with Crippen LogP contribution in [0.1, 0.15) is 24.1 Å². The van der Waals surface area contributed by atoms with Crippen molar-refractivity contribution in [3.63, 3.8) is 0 Å². The van der Waals surface area contributed by atoms with E-state index >= 15 is 0 Å². The lowest BCUT2D eigenvalue weighted by Gasteiger charge is -2.14. The fourth-order valence-corrected chi connectivity index (χ4v) is 2.28. The van der Waals surface area contributed by atoms with Gasteiger partial charge in [-0.3, -0.25) is 0 Å². The summed E-state index contributed by atoms with van der Waals surface area (Å²) < 4.78 is 15.5. The van der Waals surface area contributed by atoms with E-state index in [9.17, 15) is 4.39 Å². The Hall–Kier alpha value is -2.27. The number of fused-ring (bicyclic) bond motifs is 1. The van der Waals surface area contributed by atoms with Crippen molar-refractivity contribution in [1.29, 1.82) is 0 Å². The van der Waals surface area contributed by atoms with Crippen molar-refractivity contribution in [2.75, 3.05) is 0 Å². The van der Waals surface area contributed by atoms with Crippen LogP contribution in [0, 0.1) is 12.7 Å². The first kappa shape index (κ1) is 12.7. The summed E-state index contributed by atoms with van der Waals surface area (Å²) in [6.07, 6.45) is 0. The summed E-state index contributed by atoms with van der Waals surface area (Å²) in [5.74, 6) is -0.259. The maximum Gasteiger partial charge on any atom is 0.126 e. The highest BCUT2D eigenvalue weighted by atomic mass is 19.1. The van der Waals surface area contributed by atoms with Gasteiger partial charge in [0.05, 0.1) is 11.2 Å². The lowest BCUT2D eigenvalue weighted by molar-refractivity contribution is 0.611. The number of rotatable bonds is 2. The first-order valence-electron chi connectivity index (χ1n) is 6.44. The van der Waals surface area contributed by atoms with E-state index in [1.165, 1.54) is 6.07 Å². The van der Waals surface area contributed by atoms with Crippen molar-refractivity contribution < 1.29 is 4.39 Å². The molecular weight excluding hydrogens is 255 g/mol. The molecule has 2 aromatic carbocycles. The number of halogens is 1. The SMILES string of the molecule is Cc1cc(-n2nnc3ccccc32)c(C(C)N)cc1F. The van der Waals surface area contributed by atoms with Crippen molar-refractivity contribution in [2.24, 2.45) is 5.73 Å². The minimum atomic E-state index is -0.289. The third-order valence-corrected chi connectivity index (χ3v) is 3.38. The Balaban J connectivity index is 2.31. The molecule has 2 N–H and O–H groups in total. The molecule has 5 heteroatoms. The molecule has 4 nitrogen and oxygen atoms in total. The van der Waals surface area contributed by atoms with E-state index in [1.807, 2.05) is 31.2 Å². The van der Waals surface area contributed by atoms with Gasteiger partial charge in [-0.15, -0.1) is 5.10 Å². The topological polar surface area (TPSA) is 56.7 Å². The standard InChI is InChI=1S/C15H15FN4/c1-9-7-15(11(10(2)17)8-12(9)16)20-14-6-4-3-5-13(14)18-19-20/h3-8,10H,17H2,1-2H3. The Morgan fingerprint density at radius 3 is 2.75 bits per heavy atom. The molecule has 1 heterocycles. The van der Waals surface area contributed by atoms with Gasteiger partial charge >= 0.3 is 0 Å². The summed E-state index contributed by atoms with van der Waals surface area (Å²) in [4.78, 5) is 0. The smallest absolute Gasteiger partial charge is 0.126 e.